The quantitative estimate of drug-likeness (QED) is 0.468. The minimum absolute atomic E-state index is 0.0637. The second-order valence-corrected chi connectivity index (χ2v) is 8.17. The van der Waals surface area contributed by atoms with Crippen LogP contribution in [0.1, 0.15) is 47.3 Å². The number of nitrogens with one attached hydrogen (secondary N) is 2. The molecule has 1 aliphatic rings. The van der Waals surface area contributed by atoms with Crippen LogP contribution in [0, 0.1) is 0 Å². The Labute approximate surface area is 196 Å². The number of aromatic nitrogens is 2. The predicted molar refractivity (Wildman–Crippen MR) is 126 cm³/mol. The van der Waals surface area contributed by atoms with Gasteiger partial charge in [-0.2, -0.15) is 5.10 Å². The molecule has 9 nitrogen and oxygen atoms in total. The molecule has 3 N–H and O–H groups in total. The van der Waals surface area contributed by atoms with Crippen LogP contribution in [-0.2, 0) is 16.6 Å². The number of carbonyl (C=O) groups is 3. The van der Waals surface area contributed by atoms with Gasteiger partial charge in [0.15, 0.2) is 5.69 Å². The van der Waals surface area contributed by atoms with Crippen LogP contribution in [0.5, 0.6) is 0 Å². The third-order valence-corrected chi connectivity index (χ3v) is 5.94. The van der Waals surface area contributed by atoms with E-state index in [2.05, 4.69) is 27.9 Å². The second kappa shape index (κ2) is 9.78. The van der Waals surface area contributed by atoms with E-state index < -0.39 is 24.0 Å². The summed E-state index contributed by atoms with van der Waals surface area (Å²) in [5.74, 6) is -1.28. The third kappa shape index (κ3) is 4.78. The van der Waals surface area contributed by atoms with E-state index in [1.165, 1.54) is 10.7 Å². The number of hydrogen-bond acceptors (Lipinski definition) is 5. The highest BCUT2D eigenvalue weighted by Gasteiger charge is 2.29. The van der Waals surface area contributed by atoms with Crippen molar-refractivity contribution in [1.82, 2.24) is 15.1 Å². The number of aliphatic carboxylic acids is 1. The van der Waals surface area contributed by atoms with Crippen molar-refractivity contribution in [1.29, 1.82) is 0 Å². The van der Waals surface area contributed by atoms with Crippen molar-refractivity contribution in [2.45, 2.75) is 31.7 Å². The highest BCUT2D eigenvalue weighted by Crippen LogP contribution is 2.44. The Morgan fingerprint density at radius 2 is 1.71 bits per heavy atom. The molecule has 0 aliphatic heterocycles. The molecule has 4 rings (SSSR count). The van der Waals surface area contributed by atoms with E-state index in [4.69, 9.17) is 9.84 Å². The normalized spacial score (nSPS) is 13.0. The van der Waals surface area contributed by atoms with Crippen LogP contribution in [0.25, 0.3) is 11.1 Å². The summed E-state index contributed by atoms with van der Waals surface area (Å²) in [6, 6.07) is 17.1. The average Bonchev–Trinajstić information content (AvgIpc) is 3.34. The van der Waals surface area contributed by atoms with Gasteiger partial charge in [-0.15, -0.1) is 0 Å². The van der Waals surface area contributed by atoms with Gasteiger partial charge in [-0.25, -0.2) is 4.79 Å². The molecule has 0 saturated carbocycles. The number of hydrogen-bond donors (Lipinski definition) is 3. The first-order chi connectivity index (χ1) is 16.4. The number of nitrogens with zero attached hydrogens (tertiary/aromatic N) is 2. The molecule has 0 fully saturated rings. The standard InChI is InChI=1S/C25H26N4O5/c1-3-15(12-23(30)31)26-24(32)21-13-22(29(2)28-21)27-25(33)34-14-20-18-10-6-4-8-16(18)17-9-5-7-11-19(17)20/h4-11,13,15,20H,3,12,14H2,1-2H3,(H,26,32)(H,27,33)(H,30,31)/t15-/m0/s1. The van der Waals surface area contributed by atoms with Crippen molar-refractivity contribution in [3.8, 4) is 11.1 Å². The molecule has 1 aromatic heterocycles. The van der Waals surface area contributed by atoms with E-state index in [1.54, 1.807) is 14.0 Å². The minimum atomic E-state index is -0.995. The summed E-state index contributed by atoms with van der Waals surface area (Å²) in [6.07, 6.45) is -0.371. The van der Waals surface area contributed by atoms with Gasteiger partial charge in [0.2, 0.25) is 0 Å². The highest BCUT2D eigenvalue weighted by molar-refractivity contribution is 5.94. The third-order valence-electron chi connectivity index (χ3n) is 5.94. The summed E-state index contributed by atoms with van der Waals surface area (Å²) in [7, 11) is 1.59. The van der Waals surface area contributed by atoms with Crippen LogP contribution in [0.3, 0.4) is 0 Å². The molecule has 3 aromatic rings. The molecule has 0 unspecified atom stereocenters. The van der Waals surface area contributed by atoms with Gasteiger partial charge >= 0.3 is 12.1 Å². The summed E-state index contributed by atoms with van der Waals surface area (Å²) >= 11 is 0. The van der Waals surface area contributed by atoms with E-state index in [-0.39, 0.29) is 30.5 Å². The minimum Gasteiger partial charge on any atom is -0.481 e. The van der Waals surface area contributed by atoms with Crippen LogP contribution in [0.15, 0.2) is 54.6 Å². The Kier molecular flexibility index (Phi) is 6.62. The Morgan fingerprint density at radius 1 is 1.09 bits per heavy atom. The Balaban J connectivity index is 1.39. The number of amides is 2. The molecular weight excluding hydrogens is 436 g/mol. The van der Waals surface area contributed by atoms with E-state index in [1.807, 2.05) is 36.4 Å². The zero-order valence-corrected chi connectivity index (χ0v) is 18.9. The number of aryl methyl sites for hydroxylation is 1. The average molecular weight is 463 g/mol. The summed E-state index contributed by atoms with van der Waals surface area (Å²) in [5.41, 5.74) is 4.58. The topological polar surface area (TPSA) is 123 Å². The second-order valence-electron chi connectivity index (χ2n) is 8.17. The largest absolute Gasteiger partial charge is 0.481 e. The molecule has 2 amide bonds. The molecule has 1 aliphatic carbocycles. The van der Waals surface area contributed by atoms with Crippen molar-refractivity contribution in [3.63, 3.8) is 0 Å². The van der Waals surface area contributed by atoms with Gasteiger partial charge in [0, 0.05) is 25.1 Å². The Hall–Kier alpha value is -4.14. The smallest absolute Gasteiger partial charge is 0.412 e. The van der Waals surface area contributed by atoms with Crippen LogP contribution in [-0.4, -0.2) is 45.5 Å². The van der Waals surface area contributed by atoms with Crippen molar-refractivity contribution in [2.75, 3.05) is 11.9 Å². The summed E-state index contributed by atoms with van der Waals surface area (Å²) in [6.45, 7) is 1.95. The number of benzene rings is 2. The van der Waals surface area contributed by atoms with E-state index in [9.17, 15) is 14.4 Å². The maximum atomic E-state index is 12.5. The lowest BCUT2D eigenvalue weighted by atomic mass is 9.98. The number of anilines is 1. The van der Waals surface area contributed by atoms with Gasteiger partial charge in [0.1, 0.15) is 12.4 Å². The fourth-order valence-electron chi connectivity index (χ4n) is 4.20. The van der Waals surface area contributed by atoms with Gasteiger partial charge < -0.3 is 15.2 Å². The molecule has 0 radical (unpaired) electrons. The van der Waals surface area contributed by atoms with Gasteiger partial charge in [-0.1, -0.05) is 55.5 Å². The fourth-order valence-corrected chi connectivity index (χ4v) is 4.20. The monoisotopic (exact) mass is 462 g/mol. The molecule has 176 valence electrons. The number of ether oxygens (including phenoxy) is 1. The van der Waals surface area contributed by atoms with Gasteiger partial charge in [0.25, 0.3) is 5.91 Å². The maximum Gasteiger partial charge on any atom is 0.412 e. The van der Waals surface area contributed by atoms with Crippen molar-refractivity contribution in [3.05, 3.63) is 71.4 Å². The van der Waals surface area contributed by atoms with Gasteiger partial charge in [-0.3, -0.25) is 19.6 Å². The maximum absolute atomic E-state index is 12.5. The van der Waals surface area contributed by atoms with E-state index in [0.717, 1.165) is 22.3 Å². The van der Waals surface area contributed by atoms with E-state index in [0.29, 0.717) is 6.42 Å². The molecule has 34 heavy (non-hydrogen) atoms. The SMILES string of the molecule is CC[C@@H](CC(=O)O)NC(=O)c1cc(NC(=O)OCC2c3ccccc3-c3ccccc32)n(C)n1. The van der Waals surface area contributed by atoms with Gasteiger partial charge in [0.05, 0.1) is 6.42 Å². The first-order valence-electron chi connectivity index (χ1n) is 11.1. The molecule has 1 atom stereocenters. The zero-order valence-electron chi connectivity index (χ0n) is 18.9. The summed E-state index contributed by atoms with van der Waals surface area (Å²) < 4.78 is 6.89. The molecule has 2 aromatic carbocycles. The van der Waals surface area contributed by atoms with Gasteiger partial charge in [-0.05, 0) is 28.7 Å². The number of fused-ring (bicyclic) bond motifs is 3. The Morgan fingerprint density at radius 3 is 2.29 bits per heavy atom. The molecule has 0 saturated heterocycles. The van der Waals surface area contributed by atoms with Crippen molar-refractivity contribution >= 4 is 23.8 Å². The zero-order chi connectivity index (χ0) is 24.2. The summed E-state index contributed by atoms with van der Waals surface area (Å²) in [4.78, 5) is 35.9. The van der Waals surface area contributed by atoms with Crippen molar-refractivity contribution < 1.29 is 24.2 Å². The first-order valence-corrected chi connectivity index (χ1v) is 11.1. The molecule has 1 heterocycles. The van der Waals surface area contributed by atoms with Crippen molar-refractivity contribution in [2.24, 2.45) is 7.05 Å². The molecule has 9 heteroatoms. The van der Waals surface area contributed by atoms with Crippen LogP contribution in [0.2, 0.25) is 0 Å². The molecular formula is C25H26N4O5. The fraction of sp³-hybridized carbons (Fsp3) is 0.280. The number of carboxylic acid groups (broad SMARTS) is 1. The summed E-state index contributed by atoms with van der Waals surface area (Å²) in [5, 5.41) is 18.3. The Bertz CT molecular complexity index is 1190. The lowest BCUT2D eigenvalue weighted by Crippen LogP contribution is -2.36. The highest BCUT2D eigenvalue weighted by atomic mass is 16.5. The lowest BCUT2D eigenvalue weighted by molar-refractivity contribution is -0.137. The van der Waals surface area contributed by atoms with Crippen LogP contribution >= 0.6 is 0 Å². The first kappa shape index (κ1) is 23.0. The number of carboxylic acids is 1. The van der Waals surface area contributed by atoms with Crippen LogP contribution < -0.4 is 10.6 Å². The van der Waals surface area contributed by atoms with E-state index >= 15 is 0 Å². The number of rotatable bonds is 8. The molecule has 0 spiro atoms. The predicted octanol–water partition coefficient (Wildman–Crippen LogP) is 3.76. The van der Waals surface area contributed by atoms with Crippen LogP contribution in [0.4, 0.5) is 10.6 Å². The lowest BCUT2D eigenvalue weighted by Gasteiger charge is -2.14. The molecule has 0 bridgehead atoms. The number of carbonyl (C=O) groups excluding carboxylic acids is 2.